The number of hydrogen-bond acceptors (Lipinski definition) is 16. The summed E-state index contributed by atoms with van der Waals surface area (Å²) in [6, 6.07) is 9.23. The van der Waals surface area contributed by atoms with E-state index in [1.165, 1.54) is 81.1 Å². The molecule has 54 heavy (non-hydrogen) atoms. The quantitative estimate of drug-likeness (QED) is 0.138. The molecule has 0 aromatic heterocycles. The number of benzene rings is 4. The number of rotatable bonds is 15. The standard InChI is InChI=1S/C38H38O16/c1-41-23-9-19(10-24(42-2)31(23)47-7)37(39)49-15-21-13-27(45-5)33-35(53-17-51-33)29(21)30-22(14-28(46-6)34-36(30)54-18-52-34)16-50-38(40)20-11-25(43-3)32(48-8)26(12-20)44-4/h9-14H,15-18H2,1-8H3. The fourth-order valence-corrected chi connectivity index (χ4v) is 6.11. The van der Waals surface area contributed by atoms with Gasteiger partial charge in [0.1, 0.15) is 13.2 Å². The Morgan fingerprint density at radius 3 is 1.06 bits per heavy atom. The van der Waals surface area contributed by atoms with Crippen LogP contribution in [0.25, 0.3) is 11.1 Å². The fourth-order valence-electron chi connectivity index (χ4n) is 6.11. The van der Waals surface area contributed by atoms with Gasteiger partial charge >= 0.3 is 11.9 Å². The third-order valence-corrected chi connectivity index (χ3v) is 8.59. The van der Waals surface area contributed by atoms with Crippen molar-refractivity contribution >= 4 is 11.9 Å². The maximum absolute atomic E-state index is 13.6. The second-order valence-corrected chi connectivity index (χ2v) is 11.3. The molecule has 0 spiro atoms. The van der Waals surface area contributed by atoms with Gasteiger partial charge in [-0.05, 0) is 36.4 Å². The largest absolute Gasteiger partial charge is 0.493 e. The maximum atomic E-state index is 13.6. The van der Waals surface area contributed by atoms with E-state index in [2.05, 4.69) is 0 Å². The summed E-state index contributed by atoms with van der Waals surface area (Å²) in [5.41, 5.74) is 1.95. The number of carbonyl (C=O) groups excluding carboxylic acids is 2. The lowest BCUT2D eigenvalue weighted by Crippen LogP contribution is -2.10. The van der Waals surface area contributed by atoms with Crippen molar-refractivity contribution in [1.82, 2.24) is 0 Å². The highest BCUT2D eigenvalue weighted by Gasteiger charge is 2.35. The fraction of sp³-hybridized carbons (Fsp3) is 0.316. The molecule has 2 heterocycles. The molecule has 0 saturated heterocycles. The van der Waals surface area contributed by atoms with Crippen LogP contribution in [0.3, 0.4) is 0 Å². The van der Waals surface area contributed by atoms with E-state index in [1.807, 2.05) is 0 Å². The smallest absolute Gasteiger partial charge is 0.338 e. The first-order valence-corrected chi connectivity index (χ1v) is 16.2. The molecule has 0 amide bonds. The minimum Gasteiger partial charge on any atom is -0.493 e. The Bertz CT molecular complexity index is 1880. The zero-order chi connectivity index (χ0) is 38.5. The second-order valence-electron chi connectivity index (χ2n) is 11.3. The van der Waals surface area contributed by atoms with Gasteiger partial charge in [-0.1, -0.05) is 0 Å². The summed E-state index contributed by atoms with van der Waals surface area (Å²) in [6.45, 7) is -0.836. The normalized spacial score (nSPS) is 12.1. The zero-order valence-electron chi connectivity index (χ0n) is 30.8. The van der Waals surface area contributed by atoms with E-state index in [4.69, 9.17) is 66.3 Å². The minimum atomic E-state index is -0.698. The van der Waals surface area contributed by atoms with Gasteiger partial charge in [-0.3, -0.25) is 0 Å². The summed E-state index contributed by atoms with van der Waals surface area (Å²) in [4.78, 5) is 27.1. The van der Waals surface area contributed by atoms with Gasteiger partial charge in [-0.15, -0.1) is 0 Å². The van der Waals surface area contributed by atoms with Gasteiger partial charge < -0.3 is 66.3 Å². The molecule has 2 aliphatic heterocycles. The van der Waals surface area contributed by atoms with Crippen molar-refractivity contribution in [3.05, 3.63) is 58.7 Å². The number of carbonyl (C=O) groups is 2. The third kappa shape index (κ3) is 6.73. The van der Waals surface area contributed by atoms with E-state index in [1.54, 1.807) is 12.1 Å². The van der Waals surface area contributed by atoms with Crippen molar-refractivity contribution in [3.63, 3.8) is 0 Å². The van der Waals surface area contributed by atoms with E-state index in [-0.39, 0.29) is 72.4 Å². The van der Waals surface area contributed by atoms with Gasteiger partial charge in [-0.2, -0.15) is 0 Å². The van der Waals surface area contributed by atoms with E-state index in [0.29, 0.717) is 56.8 Å². The Labute approximate surface area is 310 Å². The first-order valence-electron chi connectivity index (χ1n) is 16.2. The molecule has 0 N–H and O–H groups in total. The Balaban J connectivity index is 1.43. The Kier molecular flexibility index (Phi) is 11.0. The first kappa shape index (κ1) is 37.2. The van der Waals surface area contributed by atoms with Crippen LogP contribution in [0.2, 0.25) is 0 Å². The predicted octanol–water partition coefficient (Wildman–Crippen LogP) is 5.59. The van der Waals surface area contributed by atoms with Crippen molar-refractivity contribution in [2.24, 2.45) is 0 Å². The summed E-state index contributed by atoms with van der Waals surface area (Å²) >= 11 is 0. The van der Waals surface area contributed by atoms with Gasteiger partial charge in [0, 0.05) is 22.3 Å². The number of methoxy groups -OCH3 is 8. The molecule has 0 fully saturated rings. The molecule has 0 atom stereocenters. The Morgan fingerprint density at radius 2 is 0.759 bits per heavy atom. The van der Waals surface area contributed by atoms with E-state index >= 15 is 0 Å². The minimum absolute atomic E-state index is 0.130. The van der Waals surface area contributed by atoms with Crippen LogP contribution in [-0.2, 0) is 22.7 Å². The molecule has 4 aromatic rings. The summed E-state index contributed by atoms with van der Waals surface area (Å²) in [5.74, 6) is 2.10. The summed E-state index contributed by atoms with van der Waals surface area (Å²) in [7, 11) is 11.6. The SMILES string of the molecule is COc1cc(C(=O)OCc2cc(OC)c3c(c2-c2c(COC(=O)c4cc(OC)c(OC)c(OC)c4)cc(OC)c4c2OCO4)OCO3)cc(OC)c1OC. The maximum Gasteiger partial charge on any atom is 0.338 e. The van der Waals surface area contributed by atoms with Crippen molar-refractivity contribution in [2.45, 2.75) is 13.2 Å². The highest BCUT2D eigenvalue weighted by molar-refractivity contribution is 5.93. The number of fused-ring (bicyclic) bond motifs is 2. The second kappa shape index (κ2) is 16.0. The van der Waals surface area contributed by atoms with Gasteiger partial charge in [0.25, 0.3) is 0 Å². The van der Waals surface area contributed by atoms with E-state index in [9.17, 15) is 9.59 Å². The molecule has 0 bridgehead atoms. The molecule has 2 aliphatic rings. The molecular formula is C38H38O16. The van der Waals surface area contributed by atoms with Crippen LogP contribution in [-0.4, -0.2) is 82.4 Å². The number of ether oxygens (including phenoxy) is 14. The summed E-state index contributed by atoms with van der Waals surface area (Å²) < 4.78 is 79.1. The van der Waals surface area contributed by atoms with Crippen molar-refractivity contribution in [1.29, 1.82) is 0 Å². The molecule has 0 unspecified atom stereocenters. The van der Waals surface area contributed by atoms with Crippen LogP contribution in [0, 0.1) is 0 Å². The van der Waals surface area contributed by atoms with Gasteiger partial charge in [0.05, 0.1) is 68.0 Å². The molecule has 6 rings (SSSR count). The lowest BCUT2D eigenvalue weighted by molar-refractivity contribution is 0.0461. The number of hydrogen-bond donors (Lipinski definition) is 0. The van der Waals surface area contributed by atoms with Crippen LogP contribution in [0.4, 0.5) is 0 Å². The monoisotopic (exact) mass is 750 g/mol. The van der Waals surface area contributed by atoms with Crippen molar-refractivity contribution in [2.75, 3.05) is 70.5 Å². The molecule has 16 heteroatoms. The average molecular weight is 751 g/mol. The van der Waals surface area contributed by atoms with Crippen LogP contribution in [0.5, 0.6) is 69.0 Å². The van der Waals surface area contributed by atoms with E-state index in [0.717, 1.165) is 0 Å². The van der Waals surface area contributed by atoms with Gasteiger partial charge in [-0.25, -0.2) is 9.59 Å². The lowest BCUT2D eigenvalue weighted by Gasteiger charge is -2.21. The topological polar surface area (TPSA) is 163 Å². The van der Waals surface area contributed by atoms with Crippen LogP contribution in [0.15, 0.2) is 36.4 Å². The molecule has 16 nitrogen and oxygen atoms in total. The zero-order valence-corrected chi connectivity index (χ0v) is 30.8. The highest BCUT2D eigenvalue weighted by atomic mass is 16.7. The van der Waals surface area contributed by atoms with Crippen LogP contribution < -0.4 is 56.8 Å². The Hall–Kier alpha value is -6.58. The van der Waals surface area contributed by atoms with E-state index < -0.39 is 11.9 Å². The van der Waals surface area contributed by atoms with Gasteiger partial charge in [0.2, 0.25) is 36.6 Å². The molecule has 0 aliphatic carbocycles. The first-order chi connectivity index (χ1) is 26.2. The predicted molar refractivity (Wildman–Crippen MR) is 188 cm³/mol. The van der Waals surface area contributed by atoms with Crippen LogP contribution >= 0.6 is 0 Å². The average Bonchev–Trinajstić information content (AvgIpc) is 3.91. The highest BCUT2D eigenvalue weighted by Crippen LogP contribution is 2.57. The molecule has 286 valence electrons. The summed E-state index contributed by atoms with van der Waals surface area (Å²) in [6.07, 6.45) is 0. The molecule has 4 aromatic carbocycles. The molecule has 0 radical (unpaired) electrons. The van der Waals surface area contributed by atoms with Crippen LogP contribution in [0.1, 0.15) is 31.8 Å². The van der Waals surface area contributed by atoms with Gasteiger partial charge in [0.15, 0.2) is 46.0 Å². The van der Waals surface area contributed by atoms with Crippen molar-refractivity contribution in [3.8, 4) is 80.1 Å². The molecule has 0 saturated carbocycles. The Morgan fingerprint density at radius 1 is 0.444 bits per heavy atom. The molecular weight excluding hydrogens is 712 g/mol. The van der Waals surface area contributed by atoms with Crippen molar-refractivity contribution < 1.29 is 75.9 Å². The summed E-state index contributed by atoms with van der Waals surface area (Å²) in [5, 5.41) is 0. The lowest BCUT2D eigenvalue weighted by atomic mass is 9.92. The number of esters is 2. The third-order valence-electron chi connectivity index (χ3n) is 8.59.